The highest BCUT2D eigenvalue weighted by atomic mass is 32.1. The fourth-order valence-electron chi connectivity index (χ4n) is 2.81. The first-order chi connectivity index (χ1) is 11.5. The zero-order chi connectivity index (χ0) is 17.1. The average Bonchev–Trinajstić information content (AvgIpc) is 3.26. The van der Waals surface area contributed by atoms with Crippen LogP contribution in [-0.2, 0) is 17.9 Å². The Morgan fingerprint density at radius 2 is 1.96 bits per heavy atom. The molecule has 0 saturated heterocycles. The summed E-state index contributed by atoms with van der Waals surface area (Å²) >= 11 is 1.58. The van der Waals surface area contributed by atoms with Gasteiger partial charge in [0.25, 0.3) is 0 Å². The van der Waals surface area contributed by atoms with Crippen LogP contribution in [0, 0.1) is 0 Å². The SMILES string of the molecule is CC(=O)N(c1nc(CN(Cc2ccccc2)C(C)C)cs1)C1CC1. The predicted octanol–water partition coefficient (Wildman–Crippen LogP) is 4.07. The Kier molecular flexibility index (Phi) is 5.31. The van der Waals surface area contributed by atoms with E-state index in [4.69, 9.17) is 4.98 Å². The summed E-state index contributed by atoms with van der Waals surface area (Å²) in [6.07, 6.45) is 2.20. The van der Waals surface area contributed by atoms with Gasteiger partial charge in [0, 0.05) is 37.5 Å². The fourth-order valence-corrected chi connectivity index (χ4v) is 3.74. The Balaban J connectivity index is 1.70. The van der Waals surface area contributed by atoms with Gasteiger partial charge in [-0.25, -0.2) is 4.98 Å². The van der Waals surface area contributed by atoms with Crippen molar-refractivity contribution in [1.29, 1.82) is 0 Å². The lowest BCUT2D eigenvalue weighted by Crippen LogP contribution is -2.31. The molecule has 5 heteroatoms. The highest BCUT2D eigenvalue weighted by Crippen LogP contribution is 2.33. The Morgan fingerprint density at radius 3 is 2.54 bits per heavy atom. The van der Waals surface area contributed by atoms with E-state index in [-0.39, 0.29) is 5.91 Å². The first-order valence-corrected chi connectivity index (χ1v) is 9.44. The Morgan fingerprint density at radius 1 is 1.25 bits per heavy atom. The molecule has 0 atom stereocenters. The van der Waals surface area contributed by atoms with Crippen LogP contribution in [0.5, 0.6) is 0 Å². The van der Waals surface area contributed by atoms with Gasteiger partial charge in [0.2, 0.25) is 5.91 Å². The zero-order valence-electron chi connectivity index (χ0n) is 14.6. The molecule has 24 heavy (non-hydrogen) atoms. The van der Waals surface area contributed by atoms with Crippen LogP contribution in [0.1, 0.15) is 44.9 Å². The van der Waals surface area contributed by atoms with Crippen molar-refractivity contribution < 1.29 is 4.79 Å². The van der Waals surface area contributed by atoms with Gasteiger partial charge in [-0.3, -0.25) is 14.6 Å². The molecule has 1 aromatic heterocycles. The Labute approximate surface area is 148 Å². The van der Waals surface area contributed by atoms with Crippen molar-refractivity contribution in [3.05, 3.63) is 47.0 Å². The molecule has 3 rings (SSSR count). The maximum absolute atomic E-state index is 11.9. The van der Waals surface area contributed by atoms with Gasteiger partial charge >= 0.3 is 0 Å². The maximum Gasteiger partial charge on any atom is 0.225 e. The number of carbonyl (C=O) groups excluding carboxylic acids is 1. The molecular weight excluding hydrogens is 318 g/mol. The number of hydrogen-bond acceptors (Lipinski definition) is 4. The summed E-state index contributed by atoms with van der Waals surface area (Å²) in [6.45, 7) is 7.77. The van der Waals surface area contributed by atoms with E-state index in [0.29, 0.717) is 12.1 Å². The number of nitrogens with zero attached hydrogens (tertiary/aromatic N) is 3. The van der Waals surface area contributed by atoms with Gasteiger partial charge in [0.15, 0.2) is 5.13 Å². The second-order valence-electron chi connectivity index (χ2n) is 6.73. The summed E-state index contributed by atoms with van der Waals surface area (Å²) in [5.74, 6) is 0.100. The summed E-state index contributed by atoms with van der Waals surface area (Å²) in [7, 11) is 0. The van der Waals surface area contributed by atoms with Gasteiger partial charge in [0.05, 0.1) is 5.69 Å². The second kappa shape index (κ2) is 7.45. The van der Waals surface area contributed by atoms with E-state index in [2.05, 4.69) is 48.4 Å². The third-order valence-corrected chi connectivity index (χ3v) is 5.21. The molecule has 1 aliphatic rings. The Hall–Kier alpha value is -1.72. The van der Waals surface area contributed by atoms with E-state index in [1.165, 1.54) is 5.56 Å². The van der Waals surface area contributed by atoms with E-state index in [0.717, 1.165) is 36.8 Å². The number of aromatic nitrogens is 1. The smallest absolute Gasteiger partial charge is 0.225 e. The normalized spacial score (nSPS) is 14.4. The number of hydrogen-bond donors (Lipinski definition) is 0. The summed E-state index contributed by atoms with van der Waals surface area (Å²) in [5.41, 5.74) is 2.36. The molecular formula is C19H25N3OS. The van der Waals surface area contributed by atoms with Crippen molar-refractivity contribution in [3.8, 4) is 0 Å². The van der Waals surface area contributed by atoms with Crippen molar-refractivity contribution in [2.45, 2.75) is 58.8 Å². The van der Waals surface area contributed by atoms with Crippen molar-refractivity contribution in [1.82, 2.24) is 9.88 Å². The van der Waals surface area contributed by atoms with Crippen molar-refractivity contribution in [3.63, 3.8) is 0 Å². The standard InChI is InChI=1S/C19H25N3OS/c1-14(2)21(11-16-7-5-4-6-8-16)12-17-13-24-19(20-17)22(15(3)23)18-9-10-18/h4-8,13-14,18H,9-12H2,1-3H3. The molecule has 1 amide bonds. The summed E-state index contributed by atoms with van der Waals surface area (Å²) in [6, 6.07) is 11.3. The summed E-state index contributed by atoms with van der Waals surface area (Å²) in [4.78, 5) is 20.9. The lowest BCUT2D eigenvalue weighted by Gasteiger charge is -2.25. The van der Waals surface area contributed by atoms with Gasteiger partial charge in [-0.15, -0.1) is 11.3 Å². The highest BCUT2D eigenvalue weighted by molar-refractivity contribution is 7.14. The molecule has 0 unspecified atom stereocenters. The lowest BCUT2D eigenvalue weighted by atomic mass is 10.2. The molecule has 4 nitrogen and oxygen atoms in total. The first-order valence-electron chi connectivity index (χ1n) is 8.56. The van der Waals surface area contributed by atoms with Gasteiger partial charge in [-0.05, 0) is 32.3 Å². The summed E-state index contributed by atoms with van der Waals surface area (Å²) < 4.78 is 0. The van der Waals surface area contributed by atoms with Crippen LogP contribution in [0.15, 0.2) is 35.7 Å². The van der Waals surface area contributed by atoms with Crippen LogP contribution < -0.4 is 4.90 Å². The predicted molar refractivity (Wildman–Crippen MR) is 99.1 cm³/mol. The molecule has 0 aliphatic heterocycles. The van der Waals surface area contributed by atoms with Crippen LogP contribution >= 0.6 is 11.3 Å². The topological polar surface area (TPSA) is 36.4 Å². The van der Waals surface area contributed by atoms with E-state index in [1.54, 1.807) is 18.3 Å². The molecule has 0 N–H and O–H groups in total. The third-order valence-electron chi connectivity index (χ3n) is 4.32. The second-order valence-corrected chi connectivity index (χ2v) is 7.56. The summed E-state index contributed by atoms with van der Waals surface area (Å²) in [5, 5.41) is 2.94. The number of benzene rings is 1. The van der Waals surface area contributed by atoms with E-state index >= 15 is 0 Å². The zero-order valence-corrected chi connectivity index (χ0v) is 15.4. The van der Waals surface area contributed by atoms with Crippen LogP contribution in [0.2, 0.25) is 0 Å². The van der Waals surface area contributed by atoms with Crippen LogP contribution in [0.25, 0.3) is 0 Å². The molecule has 0 spiro atoms. The van der Waals surface area contributed by atoms with Crippen molar-refractivity contribution in [2.24, 2.45) is 0 Å². The van der Waals surface area contributed by atoms with Gasteiger partial charge in [-0.1, -0.05) is 30.3 Å². The van der Waals surface area contributed by atoms with Crippen molar-refractivity contribution in [2.75, 3.05) is 4.90 Å². The monoisotopic (exact) mass is 343 g/mol. The maximum atomic E-state index is 11.9. The van der Waals surface area contributed by atoms with E-state index in [1.807, 2.05) is 11.0 Å². The minimum Gasteiger partial charge on any atom is -0.291 e. The molecule has 2 aromatic rings. The van der Waals surface area contributed by atoms with Crippen LogP contribution in [-0.4, -0.2) is 27.9 Å². The Bertz CT molecular complexity index is 679. The van der Waals surface area contributed by atoms with Gasteiger partial charge in [-0.2, -0.15) is 0 Å². The highest BCUT2D eigenvalue weighted by Gasteiger charge is 2.33. The number of thiazole rings is 1. The molecule has 1 saturated carbocycles. The van der Waals surface area contributed by atoms with Crippen molar-refractivity contribution >= 4 is 22.4 Å². The van der Waals surface area contributed by atoms with Crippen LogP contribution in [0.3, 0.4) is 0 Å². The average molecular weight is 343 g/mol. The number of anilines is 1. The van der Waals surface area contributed by atoms with Gasteiger partial charge in [0.1, 0.15) is 0 Å². The van der Waals surface area contributed by atoms with E-state index in [9.17, 15) is 4.79 Å². The lowest BCUT2D eigenvalue weighted by molar-refractivity contribution is -0.116. The number of amides is 1. The quantitative estimate of drug-likeness (QED) is 0.760. The largest absolute Gasteiger partial charge is 0.291 e. The molecule has 0 radical (unpaired) electrons. The minimum absolute atomic E-state index is 0.100. The number of carbonyl (C=O) groups is 1. The molecule has 1 heterocycles. The molecule has 1 aliphatic carbocycles. The first kappa shape index (κ1) is 17.1. The third kappa shape index (κ3) is 4.22. The molecule has 128 valence electrons. The molecule has 1 fully saturated rings. The molecule has 0 bridgehead atoms. The van der Waals surface area contributed by atoms with Gasteiger partial charge < -0.3 is 0 Å². The minimum atomic E-state index is 0.100. The van der Waals surface area contributed by atoms with E-state index < -0.39 is 0 Å². The van der Waals surface area contributed by atoms with Crippen LogP contribution in [0.4, 0.5) is 5.13 Å². The fraction of sp³-hybridized carbons (Fsp3) is 0.474. The number of rotatable bonds is 7. The molecule has 1 aromatic carbocycles.